The van der Waals surface area contributed by atoms with Crippen molar-refractivity contribution in [1.82, 2.24) is 10.3 Å². The van der Waals surface area contributed by atoms with Crippen LogP contribution in [0.3, 0.4) is 0 Å². The number of carbonyl (C=O) groups excluding carboxylic acids is 2. The van der Waals surface area contributed by atoms with Crippen LogP contribution < -0.4 is 67.1 Å². The van der Waals surface area contributed by atoms with Crippen molar-refractivity contribution in [3.63, 3.8) is 0 Å². The van der Waals surface area contributed by atoms with Gasteiger partial charge in [-0.25, -0.2) is 4.79 Å². The van der Waals surface area contributed by atoms with Crippen LogP contribution in [0.25, 0.3) is 11.1 Å². The van der Waals surface area contributed by atoms with E-state index in [0.717, 1.165) is 11.1 Å². The molecule has 0 bridgehead atoms. The number of carboxylic acid groups (broad SMARTS) is 1. The monoisotopic (exact) mass is 415 g/mol. The molecule has 0 fully saturated rings. The van der Waals surface area contributed by atoms with Crippen LogP contribution in [-0.2, 0) is 9.53 Å². The van der Waals surface area contributed by atoms with Crippen LogP contribution in [0.4, 0.5) is 10.5 Å². The van der Waals surface area contributed by atoms with Gasteiger partial charge in [0.05, 0.1) is 12.6 Å². The number of aromatic nitrogens is 1. The Morgan fingerprint density at radius 3 is 2.44 bits per heavy atom. The fraction of sp³-hybridized carbons (Fsp3) is 0.278. The van der Waals surface area contributed by atoms with Gasteiger partial charge in [-0.15, -0.1) is 0 Å². The van der Waals surface area contributed by atoms with E-state index in [0.29, 0.717) is 10.7 Å². The molecule has 1 heterocycles. The number of nitrogens with zero attached hydrogens (tertiary/aromatic N) is 1. The molecule has 1 unspecified atom stereocenters. The van der Waals surface area contributed by atoms with E-state index < -0.39 is 17.5 Å². The Hall–Kier alpha value is -1.00. The van der Waals surface area contributed by atoms with E-state index in [2.05, 4.69) is 15.6 Å². The second kappa shape index (κ2) is 11.1. The Balaban J connectivity index is 0.00000364. The summed E-state index contributed by atoms with van der Waals surface area (Å²) in [7, 11) is 1.35. The standard InChI is InChI=1S/C18H20ClN3O4.K/c1-3-18(11-26-2,16(23)24)22-17(25)21-15-9-13(8-14(19)10-15)12-4-6-20-7-5-12;/h4-10H,3,11H2,1-2H3,(H,23,24)(H2,21,22,25);/q;+1/p-1. The second-order valence-corrected chi connectivity index (χ2v) is 6.14. The third-order valence-electron chi connectivity index (χ3n) is 3.91. The molecule has 2 amide bonds. The minimum Gasteiger partial charge on any atom is -0.547 e. The van der Waals surface area contributed by atoms with Crippen molar-refractivity contribution in [3.05, 3.63) is 47.7 Å². The Morgan fingerprint density at radius 2 is 1.89 bits per heavy atom. The molecule has 0 aliphatic heterocycles. The summed E-state index contributed by atoms with van der Waals surface area (Å²) >= 11 is 6.13. The molecule has 0 spiro atoms. The molecular weight excluding hydrogens is 397 g/mol. The average molecular weight is 416 g/mol. The number of hydrogen-bond acceptors (Lipinski definition) is 5. The van der Waals surface area contributed by atoms with Gasteiger partial charge in [0.25, 0.3) is 0 Å². The number of halogens is 1. The number of pyridine rings is 1. The van der Waals surface area contributed by atoms with Gasteiger partial charge in [0, 0.05) is 30.2 Å². The summed E-state index contributed by atoms with van der Waals surface area (Å²) < 4.78 is 4.92. The number of aliphatic carboxylic acids is 1. The van der Waals surface area contributed by atoms with Crippen molar-refractivity contribution in [2.45, 2.75) is 18.9 Å². The molecule has 0 saturated heterocycles. The third kappa shape index (κ3) is 6.53. The molecule has 0 aliphatic carbocycles. The molecule has 2 aromatic rings. The fourth-order valence-electron chi connectivity index (χ4n) is 2.48. The summed E-state index contributed by atoms with van der Waals surface area (Å²) in [6, 6.07) is 7.97. The number of nitrogens with one attached hydrogen (secondary N) is 2. The van der Waals surface area contributed by atoms with E-state index in [1.54, 1.807) is 37.5 Å². The van der Waals surface area contributed by atoms with E-state index in [9.17, 15) is 14.7 Å². The maximum absolute atomic E-state index is 12.3. The van der Waals surface area contributed by atoms with E-state index in [4.69, 9.17) is 16.3 Å². The first-order valence-electron chi connectivity index (χ1n) is 7.90. The molecule has 138 valence electrons. The van der Waals surface area contributed by atoms with Crippen LogP contribution in [0.5, 0.6) is 0 Å². The molecule has 0 aliphatic rings. The van der Waals surface area contributed by atoms with Gasteiger partial charge in [-0.05, 0) is 47.9 Å². The first-order valence-corrected chi connectivity index (χ1v) is 8.28. The largest absolute Gasteiger partial charge is 1.00 e. The quantitative estimate of drug-likeness (QED) is 0.569. The number of anilines is 1. The molecule has 0 saturated carbocycles. The topological polar surface area (TPSA) is 103 Å². The average Bonchev–Trinajstić information content (AvgIpc) is 2.61. The van der Waals surface area contributed by atoms with Crippen molar-refractivity contribution in [2.24, 2.45) is 0 Å². The van der Waals surface area contributed by atoms with Crippen LogP contribution in [-0.4, -0.2) is 36.2 Å². The molecule has 9 heteroatoms. The summed E-state index contributed by atoms with van der Waals surface area (Å²) in [4.78, 5) is 27.7. The van der Waals surface area contributed by atoms with Gasteiger partial charge in [-0.3, -0.25) is 4.98 Å². The van der Waals surface area contributed by atoms with Crippen LogP contribution >= 0.6 is 11.6 Å². The number of benzene rings is 1. The SMILES string of the molecule is CCC(COC)(NC(=O)Nc1cc(Cl)cc(-c2ccncc2)c1)C(=O)[O-].[K+]. The molecule has 7 nitrogen and oxygen atoms in total. The maximum atomic E-state index is 12.3. The van der Waals surface area contributed by atoms with Crippen molar-refractivity contribution >= 4 is 29.3 Å². The van der Waals surface area contributed by atoms with Crippen molar-refractivity contribution in [1.29, 1.82) is 0 Å². The number of ether oxygens (including phenoxy) is 1. The molecule has 0 radical (unpaired) electrons. The Morgan fingerprint density at radius 1 is 1.22 bits per heavy atom. The molecule has 27 heavy (non-hydrogen) atoms. The zero-order chi connectivity index (χ0) is 19.2. The minimum atomic E-state index is -1.62. The van der Waals surface area contributed by atoms with Crippen LogP contribution in [0.15, 0.2) is 42.7 Å². The van der Waals surface area contributed by atoms with Crippen LogP contribution in [0.2, 0.25) is 5.02 Å². The van der Waals surface area contributed by atoms with E-state index >= 15 is 0 Å². The number of methoxy groups -OCH3 is 1. The third-order valence-corrected chi connectivity index (χ3v) is 4.13. The Kier molecular flexibility index (Phi) is 9.89. The second-order valence-electron chi connectivity index (χ2n) is 5.70. The Labute approximate surface area is 205 Å². The maximum Gasteiger partial charge on any atom is 1.00 e. The summed E-state index contributed by atoms with van der Waals surface area (Å²) in [5.41, 5.74) is 0.463. The van der Waals surface area contributed by atoms with Crippen molar-refractivity contribution < 1.29 is 70.8 Å². The predicted octanol–water partition coefficient (Wildman–Crippen LogP) is -0.927. The van der Waals surface area contributed by atoms with Gasteiger partial charge >= 0.3 is 57.4 Å². The normalized spacial score (nSPS) is 12.4. The van der Waals surface area contributed by atoms with Crippen molar-refractivity contribution in [3.8, 4) is 11.1 Å². The summed E-state index contributed by atoms with van der Waals surface area (Å²) in [6.45, 7) is 1.41. The number of carbonyl (C=O) groups is 2. The number of amides is 2. The zero-order valence-electron chi connectivity index (χ0n) is 15.4. The molecular formula is C18H19ClKN3O4. The molecule has 1 atom stereocenters. The Bertz CT molecular complexity index is 791. The summed E-state index contributed by atoms with van der Waals surface area (Å²) in [5.74, 6) is -1.42. The van der Waals surface area contributed by atoms with Gasteiger partial charge in [0.1, 0.15) is 5.54 Å². The molecule has 1 aromatic carbocycles. The van der Waals surface area contributed by atoms with E-state index in [-0.39, 0.29) is 64.4 Å². The first kappa shape index (κ1) is 24.0. The number of carboxylic acids is 1. The number of rotatable bonds is 7. The smallest absolute Gasteiger partial charge is 0.547 e. The van der Waals surface area contributed by atoms with Gasteiger partial charge in [0.15, 0.2) is 0 Å². The van der Waals surface area contributed by atoms with Gasteiger partial charge in [-0.2, -0.15) is 0 Å². The van der Waals surface area contributed by atoms with Gasteiger partial charge in [0.2, 0.25) is 0 Å². The van der Waals surface area contributed by atoms with Crippen molar-refractivity contribution in [2.75, 3.05) is 19.0 Å². The first-order chi connectivity index (χ1) is 12.4. The number of urea groups is 1. The molecule has 1 aromatic heterocycles. The minimum absolute atomic E-state index is 0. The van der Waals surface area contributed by atoms with Gasteiger partial charge in [-0.1, -0.05) is 18.5 Å². The van der Waals surface area contributed by atoms with Gasteiger partial charge < -0.3 is 25.3 Å². The molecule has 2 rings (SSSR count). The zero-order valence-corrected chi connectivity index (χ0v) is 19.3. The predicted molar refractivity (Wildman–Crippen MR) is 96.7 cm³/mol. The van der Waals surface area contributed by atoms with E-state index in [1.807, 2.05) is 12.1 Å². The van der Waals surface area contributed by atoms with E-state index in [1.165, 1.54) is 7.11 Å². The number of hydrogen-bond donors (Lipinski definition) is 2. The fourth-order valence-corrected chi connectivity index (χ4v) is 2.71. The molecule has 2 N–H and O–H groups in total. The van der Waals surface area contributed by atoms with Crippen LogP contribution in [0.1, 0.15) is 13.3 Å². The van der Waals surface area contributed by atoms with Crippen LogP contribution in [0, 0.1) is 0 Å². The summed E-state index contributed by atoms with van der Waals surface area (Å²) in [6.07, 6.45) is 3.40. The summed E-state index contributed by atoms with van der Waals surface area (Å²) in [5, 5.41) is 16.9.